The standard InChI is InChI=1S/C18H23ClN6O2/c1-18(2,3)27-17(26)12-5-4-6-15(21-12)25-9-7-24(8-10-25)13-11-14(19)22-23-16(13)20/h4-6,11H,7-10H2,1-3H3,(H2,20,23). The molecule has 27 heavy (non-hydrogen) atoms. The molecule has 1 aliphatic heterocycles. The number of halogens is 1. The van der Waals surface area contributed by atoms with Crippen LogP contribution in [0.5, 0.6) is 0 Å². The van der Waals surface area contributed by atoms with Crippen molar-refractivity contribution in [3.63, 3.8) is 0 Å². The van der Waals surface area contributed by atoms with Gasteiger partial charge in [0.25, 0.3) is 0 Å². The minimum atomic E-state index is -0.555. The Labute approximate surface area is 163 Å². The van der Waals surface area contributed by atoms with Crippen molar-refractivity contribution >= 4 is 34.9 Å². The smallest absolute Gasteiger partial charge is 0.357 e. The average Bonchev–Trinajstić information content (AvgIpc) is 2.63. The molecular weight excluding hydrogens is 368 g/mol. The molecule has 0 bridgehead atoms. The highest BCUT2D eigenvalue weighted by Crippen LogP contribution is 2.25. The normalized spacial score (nSPS) is 15.0. The van der Waals surface area contributed by atoms with Gasteiger partial charge in [0.05, 0.1) is 5.69 Å². The molecule has 0 radical (unpaired) electrons. The van der Waals surface area contributed by atoms with Crippen molar-refractivity contribution in [2.45, 2.75) is 26.4 Å². The zero-order valence-electron chi connectivity index (χ0n) is 15.6. The molecule has 0 aliphatic carbocycles. The highest BCUT2D eigenvalue weighted by Gasteiger charge is 2.23. The maximum absolute atomic E-state index is 12.3. The van der Waals surface area contributed by atoms with Crippen molar-refractivity contribution in [3.8, 4) is 0 Å². The van der Waals surface area contributed by atoms with Crippen LogP contribution in [0.1, 0.15) is 31.3 Å². The highest BCUT2D eigenvalue weighted by molar-refractivity contribution is 6.29. The Balaban J connectivity index is 1.68. The lowest BCUT2D eigenvalue weighted by Crippen LogP contribution is -2.47. The van der Waals surface area contributed by atoms with Crippen molar-refractivity contribution < 1.29 is 9.53 Å². The molecular formula is C18H23ClN6O2. The van der Waals surface area contributed by atoms with Gasteiger partial charge in [0.1, 0.15) is 11.4 Å². The molecule has 0 aromatic carbocycles. The largest absolute Gasteiger partial charge is 0.455 e. The van der Waals surface area contributed by atoms with Gasteiger partial charge < -0.3 is 20.3 Å². The van der Waals surface area contributed by atoms with Gasteiger partial charge in [-0.05, 0) is 32.9 Å². The molecule has 144 valence electrons. The molecule has 1 fully saturated rings. The number of nitrogen functional groups attached to an aromatic ring is 1. The number of anilines is 3. The topological polar surface area (TPSA) is 97.5 Å². The second-order valence-corrected chi connectivity index (χ2v) is 7.68. The Morgan fingerprint density at radius 1 is 1.15 bits per heavy atom. The molecule has 2 aromatic heterocycles. The van der Waals surface area contributed by atoms with Crippen molar-refractivity contribution in [1.29, 1.82) is 0 Å². The Morgan fingerprint density at radius 3 is 2.48 bits per heavy atom. The Bertz CT molecular complexity index is 831. The molecule has 8 nitrogen and oxygen atoms in total. The summed E-state index contributed by atoms with van der Waals surface area (Å²) in [6.07, 6.45) is 0. The van der Waals surface area contributed by atoms with Crippen LogP contribution in [-0.2, 0) is 4.74 Å². The zero-order valence-corrected chi connectivity index (χ0v) is 16.4. The van der Waals surface area contributed by atoms with E-state index < -0.39 is 11.6 Å². The first-order valence-corrected chi connectivity index (χ1v) is 9.10. The average molecular weight is 391 g/mol. The van der Waals surface area contributed by atoms with Gasteiger partial charge in [-0.2, -0.15) is 0 Å². The van der Waals surface area contributed by atoms with Crippen LogP contribution in [0.25, 0.3) is 0 Å². The van der Waals surface area contributed by atoms with Gasteiger partial charge in [0.2, 0.25) is 0 Å². The molecule has 0 amide bonds. The quantitative estimate of drug-likeness (QED) is 0.798. The van der Waals surface area contributed by atoms with E-state index >= 15 is 0 Å². The van der Waals surface area contributed by atoms with Gasteiger partial charge in [0, 0.05) is 32.2 Å². The van der Waals surface area contributed by atoms with Gasteiger partial charge in [-0.15, -0.1) is 10.2 Å². The fraction of sp³-hybridized carbons (Fsp3) is 0.444. The number of carbonyl (C=O) groups is 1. The summed E-state index contributed by atoms with van der Waals surface area (Å²) >= 11 is 5.93. The molecule has 0 saturated carbocycles. The highest BCUT2D eigenvalue weighted by atomic mass is 35.5. The fourth-order valence-corrected chi connectivity index (χ4v) is 2.98. The van der Waals surface area contributed by atoms with E-state index in [4.69, 9.17) is 22.1 Å². The maximum atomic E-state index is 12.3. The number of hydrogen-bond acceptors (Lipinski definition) is 8. The summed E-state index contributed by atoms with van der Waals surface area (Å²) in [7, 11) is 0. The summed E-state index contributed by atoms with van der Waals surface area (Å²) in [6, 6.07) is 7.10. The summed E-state index contributed by atoms with van der Waals surface area (Å²) in [4.78, 5) is 21.0. The Hall–Kier alpha value is -2.61. The predicted molar refractivity (Wildman–Crippen MR) is 105 cm³/mol. The number of ether oxygens (including phenoxy) is 1. The first-order chi connectivity index (χ1) is 12.7. The van der Waals surface area contributed by atoms with E-state index in [1.165, 1.54) is 0 Å². The van der Waals surface area contributed by atoms with E-state index in [2.05, 4.69) is 25.0 Å². The SMILES string of the molecule is CC(C)(C)OC(=O)c1cccc(N2CCN(c3cc(Cl)nnc3N)CC2)n1. The summed E-state index contributed by atoms with van der Waals surface area (Å²) in [5.41, 5.74) is 6.45. The Kier molecular flexibility index (Phi) is 5.36. The number of esters is 1. The Morgan fingerprint density at radius 2 is 1.81 bits per heavy atom. The number of hydrogen-bond donors (Lipinski definition) is 1. The van der Waals surface area contributed by atoms with E-state index in [-0.39, 0.29) is 0 Å². The number of pyridine rings is 1. The molecule has 0 spiro atoms. The minimum Gasteiger partial charge on any atom is -0.455 e. The maximum Gasteiger partial charge on any atom is 0.357 e. The lowest BCUT2D eigenvalue weighted by atomic mass is 10.2. The molecule has 0 atom stereocenters. The van der Waals surface area contributed by atoms with Gasteiger partial charge in [-0.3, -0.25) is 0 Å². The first-order valence-electron chi connectivity index (χ1n) is 8.72. The van der Waals surface area contributed by atoms with Gasteiger partial charge in [-0.25, -0.2) is 9.78 Å². The third-order valence-corrected chi connectivity index (χ3v) is 4.24. The van der Waals surface area contributed by atoms with Crippen molar-refractivity contribution in [2.75, 3.05) is 41.7 Å². The van der Waals surface area contributed by atoms with E-state index in [1.807, 2.05) is 32.9 Å². The first kappa shape index (κ1) is 19.2. The van der Waals surface area contributed by atoms with Crippen LogP contribution in [0, 0.1) is 0 Å². The summed E-state index contributed by atoms with van der Waals surface area (Å²) in [5.74, 6) is 0.683. The van der Waals surface area contributed by atoms with E-state index in [0.29, 0.717) is 16.7 Å². The predicted octanol–water partition coefficient (Wildman–Crippen LogP) is 2.39. The monoisotopic (exact) mass is 390 g/mol. The van der Waals surface area contributed by atoms with E-state index in [1.54, 1.807) is 12.1 Å². The number of piperazine rings is 1. The van der Waals surface area contributed by atoms with Crippen molar-refractivity contribution in [3.05, 3.63) is 35.1 Å². The summed E-state index contributed by atoms with van der Waals surface area (Å²) < 4.78 is 5.40. The fourth-order valence-electron chi connectivity index (χ4n) is 2.84. The number of nitrogens with zero attached hydrogens (tertiary/aromatic N) is 5. The van der Waals surface area contributed by atoms with Gasteiger partial charge >= 0.3 is 5.97 Å². The van der Waals surface area contributed by atoms with Crippen LogP contribution < -0.4 is 15.5 Å². The zero-order chi connectivity index (χ0) is 19.6. The van der Waals surface area contributed by atoms with Crippen LogP contribution in [0.4, 0.5) is 17.3 Å². The van der Waals surface area contributed by atoms with Crippen LogP contribution in [0.2, 0.25) is 5.15 Å². The molecule has 3 rings (SSSR count). The van der Waals surface area contributed by atoms with Crippen molar-refractivity contribution in [1.82, 2.24) is 15.2 Å². The second kappa shape index (κ2) is 7.56. The van der Waals surface area contributed by atoms with Crippen molar-refractivity contribution in [2.24, 2.45) is 0 Å². The van der Waals surface area contributed by atoms with E-state index in [0.717, 1.165) is 37.7 Å². The summed E-state index contributed by atoms with van der Waals surface area (Å²) in [5, 5.41) is 7.93. The number of nitrogens with two attached hydrogens (primary N) is 1. The summed E-state index contributed by atoms with van der Waals surface area (Å²) in [6.45, 7) is 8.41. The number of rotatable bonds is 3. The minimum absolute atomic E-state index is 0.305. The lowest BCUT2D eigenvalue weighted by Gasteiger charge is -2.36. The number of aromatic nitrogens is 3. The van der Waals surface area contributed by atoms with Crippen LogP contribution >= 0.6 is 11.6 Å². The van der Waals surface area contributed by atoms with Gasteiger partial charge in [0.15, 0.2) is 16.7 Å². The van der Waals surface area contributed by atoms with Crippen LogP contribution in [0.3, 0.4) is 0 Å². The number of carbonyl (C=O) groups excluding carboxylic acids is 1. The molecule has 1 saturated heterocycles. The van der Waals surface area contributed by atoms with E-state index in [9.17, 15) is 4.79 Å². The second-order valence-electron chi connectivity index (χ2n) is 7.29. The molecule has 2 N–H and O–H groups in total. The molecule has 3 heterocycles. The molecule has 1 aliphatic rings. The van der Waals surface area contributed by atoms with Crippen LogP contribution in [-0.4, -0.2) is 52.9 Å². The lowest BCUT2D eigenvalue weighted by molar-refractivity contribution is 0.00629. The van der Waals surface area contributed by atoms with Crippen LogP contribution in [0.15, 0.2) is 24.3 Å². The molecule has 2 aromatic rings. The molecule has 0 unspecified atom stereocenters. The third kappa shape index (κ3) is 4.77. The third-order valence-electron chi connectivity index (χ3n) is 4.06. The molecule has 9 heteroatoms. The van der Waals surface area contributed by atoms with Gasteiger partial charge in [-0.1, -0.05) is 17.7 Å².